The van der Waals surface area contributed by atoms with Crippen LogP contribution in [0, 0.1) is 0 Å². The molecule has 0 bridgehead atoms. The number of hydrogen-bond acceptors (Lipinski definition) is 7. The molecule has 2 fully saturated rings. The van der Waals surface area contributed by atoms with Crippen molar-refractivity contribution in [1.82, 2.24) is 5.48 Å². The molecule has 10 heteroatoms. The first-order valence-electron chi connectivity index (χ1n) is 12.3. The molecule has 36 heavy (non-hydrogen) atoms. The fourth-order valence-electron chi connectivity index (χ4n) is 4.67. The van der Waals surface area contributed by atoms with E-state index in [2.05, 4.69) is 10.8 Å². The number of hydroxylamine groups is 1. The minimum absolute atomic E-state index is 0.0482. The van der Waals surface area contributed by atoms with Crippen LogP contribution in [-0.2, 0) is 33.7 Å². The first-order valence-corrected chi connectivity index (χ1v) is 14.7. The average molecular weight is 533 g/mol. The Kier molecular flexibility index (Phi) is 8.61. The minimum Gasteiger partial charge on any atom is -0.350 e. The maximum Gasteiger partial charge on any atom is 0.248 e. The molecule has 2 aliphatic rings. The van der Waals surface area contributed by atoms with E-state index in [-0.39, 0.29) is 18.1 Å². The van der Waals surface area contributed by atoms with E-state index in [0.29, 0.717) is 36.4 Å². The lowest BCUT2D eigenvalue weighted by molar-refractivity contribution is -0.200. The highest BCUT2D eigenvalue weighted by atomic mass is 32.2. The number of rotatable bonds is 8. The van der Waals surface area contributed by atoms with Gasteiger partial charge in [-0.25, -0.2) is 18.7 Å². The molecule has 2 aliphatic heterocycles. The molecule has 1 aromatic heterocycles. The van der Waals surface area contributed by atoms with Gasteiger partial charge in [0.15, 0.2) is 16.1 Å². The van der Waals surface area contributed by atoms with E-state index in [0.717, 1.165) is 29.7 Å². The maximum atomic E-state index is 13.4. The summed E-state index contributed by atoms with van der Waals surface area (Å²) >= 11 is 1.37. The zero-order chi connectivity index (χ0) is 25.6. The second kappa shape index (κ2) is 11.7. The molecule has 0 aliphatic carbocycles. The van der Waals surface area contributed by atoms with Crippen LogP contribution in [0.5, 0.6) is 0 Å². The third kappa shape index (κ3) is 6.05. The van der Waals surface area contributed by atoms with E-state index < -0.39 is 26.8 Å². The highest BCUT2D eigenvalue weighted by Gasteiger charge is 2.49. The van der Waals surface area contributed by atoms with Crippen molar-refractivity contribution < 1.29 is 27.6 Å². The Morgan fingerprint density at radius 2 is 2.06 bits per heavy atom. The first-order chi connectivity index (χ1) is 17.3. The average Bonchev–Trinajstić information content (AvgIpc) is 3.36. The predicted molar refractivity (Wildman–Crippen MR) is 140 cm³/mol. The van der Waals surface area contributed by atoms with Crippen molar-refractivity contribution >= 4 is 38.7 Å². The van der Waals surface area contributed by atoms with Gasteiger partial charge in [0, 0.05) is 28.5 Å². The monoisotopic (exact) mass is 532 g/mol. The molecule has 0 saturated carbocycles. The van der Waals surface area contributed by atoms with Crippen LogP contribution in [0.3, 0.4) is 0 Å². The number of anilines is 1. The number of allylic oxidation sites excluding steroid dienone is 1. The number of amides is 2. The Bertz CT molecular complexity index is 1220. The van der Waals surface area contributed by atoms with Gasteiger partial charge in [0.1, 0.15) is 4.75 Å². The number of carbonyl (C=O) groups is 2. The van der Waals surface area contributed by atoms with Crippen LogP contribution < -0.4 is 10.8 Å². The molecule has 2 N–H and O–H groups in total. The van der Waals surface area contributed by atoms with Crippen LogP contribution in [0.1, 0.15) is 56.7 Å². The molecule has 0 spiro atoms. The van der Waals surface area contributed by atoms with Gasteiger partial charge in [-0.3, -0.25) is 9.59 Å². The van der Waals surface area contributed by atoms with Crippen LogP contribution in [-0.4, -0.2) is 38.9 Å². The van der Waals surface area contributed by atoms with Crippen molar-refractivity contribution in [1.29, 1.82) is 0 Å². The number of nitrogens with one attached hydrogen (secondary N) is 2. The smallest absolute Gasteiger partial charge is 0.248 e. The van der Waals surface area contributed by atoms with Crippen molar-refractivity contribution in [2.24, 2.45) is 0 Å². The summed E-state index contributed by atoms with van der Waals surface area (Å²) in [6.45, 7) is 2.35. The lowest BCUT2D eigenvalue weighted by Crippen LogP contribution is -2.45. The van der Waals surface area contributed by atoms with E-state index in [1.165, 1.54) is 17.4 Å². The fraction of sp³-hybridized carbons (Fsp3) is 0.462. The highest BCUT2D eigenvalue weighted by molar-refractivity contribution is 7.92. The van der Waals surface area contributed by atoms with Crippen molar-refractivity contribution in [3.05, 3.63) is 53.4 Å². The van der Waals surface area contributed by atoms with Gasteiger partial charge in [-0.1, -0.05) is 24.6 Å². The van der Waals surface area contributed by atoms with Gasteiger partial charge >= 0.3 is 0 Å². The van der Waals surface area contributed by atoms with E-state index in [1.807, 2.05) is 30.3 Å². The largest absolute Gasteiger partial charge is 0.350 e. The molecule has 2 amide bonds. The predicted octanol–water partition coefficient (Wildman–Crippen LogP) is 4.69. The van der Waals surface area contributed by atoms with E-state index in [9.17, 15) is 18.0 Å². The summed E-state index contributed by atoms with van der Waals surface area (Å²) < 4.78 is 31.1. The van der Waals surface area contributed by atoms with Crippen molar-refractivity contribution in [2.45, 2.75) is 62.9 Å². The fourth-order valence-corrected chi connectivity index (χ4v) is 8.45. The molecule has 0 radical (unpaired) electrons. The van der Waals surface area contributed by atoms with Gasteiger partial charge in [-0.05, 0) is 68.5 Å². The lowest BCUT2D eigenvalue weighted by Gasteiger charge is -2.35. The summed E-state index contributed by atoms with van der Waals surface area (Å²) in [5.41, 5.74) is 3.94. The van der Waals surface area contributed by atoms with Crippen LogP contribution in [0.2, 0.25) is 0 Å². The second-order valence-electron chi connectivity index (χ2n) is 9.12. The Hall–Kier alpha value is -2.53. The molecule has 194 valence electrons. The summed E-state index contributed by atoms with van der Waals surface area (Å²) in [4.78, 5) is 31.7. The number of hydrogen-bond donors (Lipinski definition) is 2. The zero-order valence-electron chi connectivity index (χ0n) is 20.3. The number of ether oxygens (including phenoxy) is 1. The summed E-state index contributed by atoms with van der Waals surface area (Å²) in [6.07, 6.45) is 6.69. The van der Waals surface area contributed by atoms with Gasteiger partial charge in [0.05, 0.1) is 12.2 Å². The maximum absolute atomic E-state index is 13.4. The normalized spacial score (nSPS) is 23.9. The van der Waals surface area contributed by atoms with Gasteiger partial charge in [-0.2, -0.15) is 0 Å². The molecule has 4 rings (SSSR count). The topological polar surface area (TPSA) is 111 Å². The highest BCUT2D eigenvalue weighted by Crippen LogP contribution is 2.47. The Balaban J connectivity index is 1.56. The molecule has 1 unspecified atom stereocenters. The van der Waals surface area contributed by atoms with Gasteiger partial charge < -0.3 is 10.1 Å². The minimum atomic E-state index is -3.58. The van der Waals surface area contributed by atoms with Crippen LogP contribution >= 0.6 is 11.3 Å². The summed E-state index contributed by atoms with van der Waals surface area (Å²) in [5, 5.41) is 2.82. The first kappa shape index (κ1) is 26.5. The Morgan fingerprint density at radius 1 is 1.19 bits per heavy atom. The van der Waals surface area contributed by atoms with E-state index >= 15 is 0 Å². The SMILES string of the molecule is C/C=C/C(=O)Nc1cccc(-c2ccc([C@@]3(CC(=O)NOC4CCCCO4)CCCCS3(=O)=O)s2)c1. The second-order valence-corrected chi connectivity index (χ2v) is 12.6. The molecule has 2 saturated heterocycles. The molecule has 3 heterocycles. The van der Waals surface area contributed by atoms with Crippen molar-refractivity contribution in [3.63, 3.8) is 0 Å². The van der Waals surface area contributed by atoms with Crippen LogP contribution in [0.4, 0.5) is 5.69 Å². The molecule has 1 aromatic carbocycles. The van der Waals surface area contributed by atoms with Crippen LogP contribution in [0.25, 0.3) is 10.4 Å². The van der Waals surface area contributed by atoms with Crippen molar-refractivity contribution in [3.8, 4) is 10.4 Å². The lowest BCUT2D eigenvalue weighted by atomic mass is 9.94. The standard InChI is InChI=1S/C26H32N2O6S2/c1-2-8-23(29)27-20-10-7-9-19(17-20)21-12-13-22(35-21)26(14-4-6-16-36(26,31)32)18-24(30)28-34-25-11-3-5-15-33-25/h2,7-10,12-13,17,25H,3-6,11,14-16,18H2,1H3,(H,27,29)(H,28,30)/b8-2+/t25?,26-/m0/s1. The number of sulfone groups is 1. The third-order valence-corrected chi connectivity index (χ3v) is 10.6. The van der Waals surface area contributed by atoms with Crippen LogP contribution in [0.15, 0.2) is 48.6 Å². The Labute approximate surface area is 215 Å². The summed E-state index contributed by atoms with van der Waals surface area (Å²) in [6, 6.07) is 11.1. The molecular formula is C26H32N2O6S2. The van der Waals surface area contributed by atoms with Gasteiger partial charge in [-0.15, -0.1) is 11.3 Å². The molecule has 2 atom stereocenters. The number of carbonyl (C=O) groups excluding carboxylic acids is 2. The van der Waals surface area contributed by atoms with Crippen molar-refractivity contribution in [2.75, 3.05) is 17.7 Å². The van der Waals surface area contributed by atoms with Gasteiger partial charge in [0.2, 0.25) is 11.8 Å². The van der Waals surface area contributed by atoms with E-state index in [1.54, 1.807) is 19.1 Å². The molecular weight excluding hydrogens is 500 g/mol. The number of benzene rings is 1. The zero-order valence-corrected chi connectivity index (χ0v) is 22.0. The van der Waals surface area contributed by atoms with E-state index in [4.69, 9.17) is 9.57 Å². The summed E-state index contributed by atoms with van der Waals surface area (Å²) in [5.74, 6) is -0.647. The molecule has 8 nitrogen and oxygen atoms in total. The third-order valence-electron chi connectivity index (χ3n) is 6.51. The number of thiophene rings is 1. The summed E-state index contributed by atoms with van der Waals surface area (Å²) in [7, 11) is -3.58. The Morgan fingerprint density at radius 3 is 2.81 bits per heavy atom. The quantitative estimate of drug-likeness (QED) is 0.377. The van der Waals surface area contributed by atoms with Gasteiger partial charge in [0.25, 0.3) is 0 Å². The molecule has 2 aromatic rings.